The SMILES string of the molecule is Cc1cc(F)c(COc2nsc(NC(=O)NCCCCN3CCN(CCO)CC3)c2OC(N)=O)c(F)c1F. The minimum atomic E-state index is -1.41. The highest BCUT2D eigenvalue weighted by atomic mass is 32.1. The van der Waals surface area contributed by atoms with Crippen LogP contribution in [0.3, 0.4) is 0 Å². The number of aliphatic hydroxyl groups excluding tert-OH is 1. The molecule has 3 amide bonds. The quantitative estimate of drug-likeness (QED) is 0.229. The lowest BCUT2D eigenvalue weighted by atomic mass is 10.1. The van der Waals surface area contributed by atoms with Gasteiger partial charge in [-0.15, -0.1) is 4.37 Å². The fourth-order valence-corrected chi connectivity index (χ4v) is 4.50. The molecule has 1 aliphatic rings. The first-order chi connectivity index (χ1) is 18.2. The molecule has 15 heteroatoms. The summed E-state index contributed by atoms with van der Waals surface area (Å²) in [6, 6.07) is 0.236. The Kier molecular flexibility index (Phi) is 10.9. The van der Waals surface area contributed by atoms with E-state index in [1.807, 2.05) is 0 Å². The maximum Gasteiger partial charge on any atom is 0.410 e. The number of β-amino-alcohol motifs (C(OH)–C–C–N with tert-alkyl or cyclic N) is 1. The smallest absolute Gasteiger partial charge is 0.410 e. The molecular formula is C23H31F3N6O5S. The highest BCUT2D eigenvalue weighted by Crippen LogP contribution is 2.39. The van der Waals surface area contributed by atoms with E-state index in [0.717, 1.165) is 51.6 Å². The highest BCUT2D eigenvalue weighted by molar-refractivity contribution is 7.11. The number of aromatic nitrogens is 1. The number of unbranched alkanes of at least 4 members (excludes halogenated alkanes) is 1. The van der Waals surface area contributed by atoms with Gasteiger partial charge in [-0.1, -0.05) is 0 Å². The van der Waals surface area contributed by atoms with Crippen molar-refractivity contribution < 1.29 is 37.3 Å². The van der Waals surface area contributed by atoms with Gasteiger partial charge < -0.3 is 30.5 Å². The molecule has 210 valence electrons. The van der Waals surface area contributed by atoms with Crippen molar-refractivity contribution in [2.24, 2.45) is 5.73 Å². The summed E-state index contributed by atoms with van der Waals surface area (Å²) in [6.07, 6.45) is 0.382. The third-order valence-electron chi connectivity index (χ3n) is 5.91. The molecule has 11 nitrogen and oxygen atoms in total. The fraction of sp³-hybridized carbons (Fsp3) is 0.522. The predicted molar refractivity (Wildman–Crippen MR) is 134 cm³/mol. The average Bonchev–Trinajstić information content (AvgIpc) is 3.23. The van der Waals surface area contributed by atoms with Crippen LogP contribution in [0, 0.1) is 24.4 Å². The van der Waals surface area contributed by atoms with Gasteiger partial charge in [0.25, 0.3) is 5.88 Å². The largest absolute Gasteiger partial charge is 0.469 e. The number of hydrogen-bond acceptors (Lipinski definition) is 9. The Morgan fingerprint density at radius 3 is 2.47 bits per heavy atom. The van der Waals surface area contributed by atoms with E-state index in [4.69, 9.17) is 20.3 Å². The van der Waals surface area contributed by atoms with Gasteiger partial charge in [-0.2, -0.15) is 0 Å². The van der Waals surface area contributed by atoms with Crippen LogP contribution in [-0.2, 0) is 6.61 Å². The summed E-state index contributed by atoms with van der Waals surface area (Å²) >= 11 is 0.694. The van der Waals surface area contributed by atoms with Crippen molar-refractivity contribution in [2.45, 2.75) is 26.4 Å². The van der Waals surface area contributed by atoms with Gasteiger partial charge in [0.1, 0.15) is 12.4 Å². The van der Waals surface area contributed by atoms with Crippen molar-refractivity contribution in [3.63, 3.8) is 0 Å². The maximum absolute atomic E-state index is 14.1. The maximum atomic E-state index is 14.1. The summed E-state index contributed by atoms with van der Waals surface area (Å²) in [4.78, 5) is 28.2. The molecular weight excluding hydrogens is 529 g/mol. The number of carbonyl (C=O) groups excluding carboxylic acids is 2. The van der Waals surface area contributed by atoms with Gasteiger partial charge in [-0.25, -0.2) is 22.8 Å². The second kappa shape index (κ2) is 14.1. The number of halogens is 3. The van der Waals surface area contributed by atoms with Crippen molar-refractivity contribution in [3.05, 3.63) is 34.6 Å². The van der Waals surface area contributed by atoms with Gasteiger partial charge in [0.2, 0.25) is 5.75 Å². The Morgan fingerprint density at radius 1 is 1.13 bits per heavy atom. The van der Waals surface area contributed by atoms with Crippen molar-refractivity contribution >= 4 is 28.7 Å². The Labute approximate surface area is 221 Å². The van der Waals surface area contributed by atoms with E-state index >= 15 is 0 Å². The number of carbonyl (C=O) groups is 2. The number of nitrogens with zero attached hydrogens (tertiary/aromatic N) is 3. The first-order valence-corrected chi connectivity index (χ1v) is 12.8. The first-order valence-electron chi connectivity index (χ1n) is 12.0. The standard InChI is InChI=1S/C23H31F3N6O5S/c1-14-12-16(24)15(18(26)17(14)25)13-36-20-19(37-22(27)34)21(38-30-20)29-23(35)28-4-2-3-5-31-6-8-32(9-7-31)10-11-33/h12,33H,2-11,13H2,1H3,(H2,27,34)(H2,28,29,35). The number of aryl methyl sites for hydroxylation is 1. The third-order valence-corrected chi connectivity index (χ3v) is 6.63. The van der Waals surface area contributed by atoms with Crippen molar-refractivity contribution in [2.75, 3.05) is 57.7 Å². The zero-order valence-corrected chi connectivity index (χ0v) is 21.7. The minimum absolute atomic E-state index is 0.0203. The van der Waals surface area contributed by atoms with Crippen LogP contribution < -0.4 is 25.8 Å². The Bertz CT molecular complexity index is 1110. The molecule has 0 spiro atoms. The summed E-state index contributed by atoms with van der Waals surface area (Å²) in [5.74, 6) is -4.33. The van der Waals surface area contributed by atoms with Crippen molar-refractivity contribution in [1.82, 2.24) is 19.5 Å². The predicted octanol–water partition coefficient (Wildman–Crippen LogP) is 2.42. The molecule has 1 aromatic carbocycles. The number of primary amides is 1. The Balaban J connectivity index is 1.48. The number of nitrogens with two attached hydrogens (primary N) is 1. The summed E-state index contributed by atoms with van der Waals surface area (Å²) in [6.45, 7) is 6.31. The Hall–Kier alpha value is -3.14. The van der Waals surface area contributed by atoms with Gasteiger partial charge in [-0.05, 0) is 49.5 Å². The Morgan fingerprint density at radius 2 is 1.82 bits per heavy atom. The van der Waals surface area contributed by atoms with Gasteiger partial charge >= 0.3 is 12.1 Å². The fourth-order valence-electron chi connectivity index (χ4n) is 3.84. The molecule has 0 unspecified atom stereocenters. The van der Waals surface area contributed by atoms with Crippen LogP contribution in [0.4, 0.5) is 27.8 Å². The van der Waals surface area contributed by atoms with Crippen molar-refractivity contribution in [3.8, 4) is 11.6 Å². The van der Waals surface area contributed by atoms with Crippen LogP contribution in [0.1, 0.15) is 24.0 Å². The summed E-state index contributed by atoms with van der Waals surface area (Å²) in [7, 11) is 0. The summed E-state index contributed by atoms with van der Waals surface area (Å²) in [5, 5.41) is 14.2. The minimum Gasteiger partial charge on any atom is -0.469 e. The van der Waals surface area contributed by atoms with E-state index in [2.05, 4.69) is 24.8 Å². The molecule has 1 aromatic heterocycles. The van der Waals surface area contributed by atoms with Crippen LogP contribution in [-0.4, -0.2) is 83.8 Å². The molecule has 38 heavy (non-hydrogen) atoms. The second-order valence-electron chi connectivity index (χ2n) is 8.63. The van der Waals surface area contributed by atoms with E-state index in [1.165, 1.54) is 6.92 Å². The zero-order valence-electron chi connectivity index (χ0n) is 20.9. The van der Waals surface area contributed by atoms with E-state index in [-0.39, 0.29) is 28.8 Å². The van der Waals surface area contributed by atoms with E-state index in [1.54, 1.807) is 0 Å². The highest BCUT2D eigenvalue weighted by Gasteiger charge is 2.23. The third kappa shape index (κ3) is 8.18. The van der Waals surface area contributed by atoms with Gasteiger partial charge in [-0.3, -0.25) is 10.2 Å². The molecule has 3 rings (SSSR count). The van der Waals surface area contributed by atoms with Crippen LogP contribution in [0.5, 0.6) is 11.6 Å². The van der Waals surface area contributed by atoms with Gasteiger partial charge in [0.15, 0.2) is 16.6 Å². The number of aliphatic hydroxyl groups is 1. The van der Waals surface area contributed by atoms with Gasteiger partial charge in [0, 0.05) is 39.3 Å². The topological polar surface area (TPSA) is 142 Å². The molecule has 1 aliphatic heterocycles. The monoisotopic (exact) mass is 560 g/mol. The molecule has 0 radical (unpaired) electrons. The lowest BCUT2D eigenvalue weighted by Gasteiger charge is -2.34. The molecule has 0 saturated carbocycles. The van der Waals surface area contributed by atoms with Gasteiger partial charge in [0.05, 0.1) is 12.2 Å². The van der Waals surface area contributed by atoms with E-state index < -0.39 is 41.7 Å². The van der Waals surface area contributed by atoms with E-state index in [0.29, 0.717) is 24.6 Å². The van der Waals surface area contributed by atoms with Crippen LogP contribution in [0.2, 0.25) is 0 Å². The summed E-state index contributed by atoms with van der Waals surface area (Å²) < 4.78 is 56.1. The number of amides is 3. The van der Waals surface area contributed by atoms with Crippen LogP contribution >= 0.6 is 11.5 Å². The molecule has 1 saturated heterocycles. The molecule has 1 fully saturated rings. The number of urea groups is 1. The lowest BCUT2D eigenvalue weighted by Crippen LogP contribution is -2.47. The second-order valence-corrected chi connectivity index (χ2v) is 9.41. The number of ether oxygens (including phenoxy) is 2. The first kappa shape index (κ1) is 29.4. The molecule has 5 N–H and O–H groups in total. The number of nitrogens with one attached hydrogen (secondary N) is 2. The number of hydrogen-bond donors (Lipinski definition) is 4. The molecule has 0 aliphatic carbocycles. The van der Waals surface area contributed by atoms with Crippen LogP contribution in [0.15, 0.2) is 6.07 Å². The molecule has 0 atom stereocenters. The van der Waals surface area contributed by atoms with Crippen molar-refractivity contribution in [1.29, 1.82) is 0 Å². The number of piperazine rings is 1. The number of benzene rings is 1. The number of anilines is 1. The zero-order chi connectivity index (χ0) is 27.7. The normalized spacial score (nSPS) is 14.3. The lowest BCUT2D eigenvalue weighted by molar-refractivity contribution is 0.111. The summed E-state index contributed by atoms with van der Waals surface area (Å²) in [5.41, 5.74) is 4.21. The molecule has 2 aromatic rings. The van der Waals surface area contributed by atoms with Crippen LogP contribution in [0.25, 0.3) is 0 Å². The average molecular weight is 561 g/mol. The van der Waals surface area contributed by atoms with E-state index in [9.17, 15) is 22.8 Å². The molecule has 0 bridgehead atoms. The number of rotatable bonds is 12. The molecule has 2 heterocycles.